The Morgan fingerprint density at radius 1 is 0.967 bits per heavy atom. The predicted molar refractivity (Wildman–Crippen MR) is 114 cm³/mol. The van der Waals surface area contributed by atoms with Crippen LogP contribution in [0.25, 0.3) is 11.4 Å². The number of carbonyl (C=O) groups excluding carboxylic acids is 1. The number of aromatic nitrogens is 2. The van der Waals surface area contributed by atoms with Crippen LogP contribution in [0.5, 0.6) is 11.5 Å². The average molecular weight is 399 g/mol. The van der Waals surface area contributed by atoms with Crippen LogP contribution in [0.4, 0.5) is 5.69 Å². The van der Waals surface area contributed by atoms with Crippen LogP contribution in [0.15, 0.2) is 83.4 Å². The topological polar surface area (TPSA) is 77.2 Å². The van der Waals surface area contributed by atoms with Gasteiger partial charge >= 0.3 is 0 Å². The third-order valence-electron chi connectivity index (χ3n) is 4.55. The molecule has 0 unspecified atom stereocenters. The monoisotopic (exact) mass is 399 g/mol. The van der Waals surface area contributed by atoms with E-state index in [0.717, 1.165) is 11.1 Å². The lowest BCUT2D eigenvalue weighted by atomic mass is 10.1. The zero-order valence-corrected chi connectivity index (χ0v) is 16.5. The molecule has 3 aromatic carbocycles. The number of carbonyl (C=O) groups is 1. The van der Waals surface area contributed by atoms with Crippen LogP contribution in [0, 0.1) is 6.92 Å². The maximum absolute atomic E-state index is 12.5. The third kappa shape index (κ3) is 4.72. The van der Waals surface area contributed by atoms with Gasteiger partial charge in [0.05, 0.1) is 5.69 Å². The van der Waals surface area contributed by atoms with Crippen LogP contribution in [0.1, 0.15) is 17.9 Å². The van der Waals surface area contributed by atoms with Gasteiger partial charge in [-0.2, -0.15) is 4.98 Å². The molecular weight excluding hydrogens is 378 g/mol. The highest BCUT2D eigenvalue weighted by Crippen LogP contribution is 2.29. The molecule has 0 fully saturated rings. The number of nitrogens with one attached hydrogen (secondary N) is 1. The van der Waals surface area contributed by atoms with E-state index in [4.69, 9.17) is 9.26 Å². The number of ether oxygens (including phenoxy) is 1. The number of hydrogen-bond donors (Lipinski definition) is 1. The Morgan fingerprint density at radius 3 is 2.53 bits per heavy atom. The van der Waals surface area contributed by atoms with Crippen molar-refractivity contribution in [1.29, 1.82) is 0 Å². The van der Waals surface area contributed by atoms with Crippen LogP contribution < -0.4 is 10.1 Å². The maximum atomic E-state index is 12.5. The number of benzene rings is 3. The molecule has 0 aliphatic heterocycles. The van der Waals surface area contributed by atoms with Gasteiger partial charge in [-0.05, 0) is 36.8 Å². The van der Waals surface area contributed by atoms with Crippen LogP contribution in [-0.2, 0) is 11.2 Å². The Morgan fingerprint density at radius 2 is 1.70 bits per heavy atom. The van der Waals surface area contributed by atoms with Gasteiger partial charge in [0.1, 0.15) is 5.75 Å². The van der Waals surface area contributed by atoms with E-state index in [-0.39, 0.29) is 12.3 Å². The Bertz CT molecular complexity index is 1140. The number of para-hydroxylation sites is 3. The number of rotatable bonds is 7. The van der Waals surface area contributed by atoms with Gasteiger partial charge in [-0.1, -0.05) is 59.8 Å². The van der Waals surface area contributed by atoms with Crippen molar-refractivity contribution in [3.8, 4) is 22.9 Å². The first-order chi connectivity index (χ1) is 14.7. The highest BCUT2D eigenvalue weighted by atomic mass is 16.5. The normalized spacial score (nSPS) is 10.6. The van der Waals surface area contributed by atoms with E-state index < -0.39 is 0 Å². The molecular formula is C24H21N3O3. The summed E-state index contributed by atoms with van der Waals surface area (Å²) in [7, 11) is 0. The fourth-order valence-corrected chi connectivity index (χ4v) is 3.00. The van der Waals surface area contributed by atoms with Gasteiger partial charge in [-0.15, -0.1) is 0 Å². The number of hydrogen-bond acceptors (Lipinski definition) is 5. The molecule has 150 valence electrons. The lowest BCUT2D eigenvalue weighted by molar-refractivity contribution is -0.116. The summed E-state index contributed by atoms with van der Waals surface area (Å²) in [6.07, 6.45) is 0.571. The van der Waals surface area contributed by atoms with Gasteiger partial charge in [0, 0.05) is 18.4 Å². The summed E-state index contributed by atoms with van der Waals surface area (Å²) in [5, 5.41) is 6.93. The maximum Gasteiger partial charge on any atom is 0.227 e. The summed E-state index contributed by atoms with van der Waals surface area (Å²) < 4.78 is 11.2. The summed E-state index contributed by atoms with van der Waals surface area (Å²) in [6.45, 7) is 1.99. The van der Waals surface area contributed by atoms with Crippen molar-refractivity contribution < 1.29 is 14.1 Å². The Balaban J connectivity index is 1.38. The summed E-state index contributed by atoms with van der Waals surface area (Å²) in [5.41, 5.74) is 2.60. The van der Waals surface area contributed by atoms with Crippen molar-refractivity contribution in [2.24, 2.45) is 0 Å². The van der Waals surface area contributed by atoms with E-state index in [1.807, 2.05) is 79.7 Å². The zero-order chi connectivity index (χ0) is 20.8. The predicted octanol–water partition coefficient (Wildman–Crippen LogP) is 5.41. The molecule has 1 N–H and O–H groups in total. The van der Waals surface area contributed by atoms with E-state index in [1.54, 1.807) is 6.07 Å². The Labute approximate surface area is 174 Å². The van der Waals surface area contributed by atoms with Crippen molar-refractivity contribution in [3.05, 3.63) is 90.3 Å². The highest BCUT2D eigenvalue weighted by molar-refractivity contribution is 5.92. The molecule has 0 radical (unpaired) electrons. The fraction of sp³-hybridized carbons (Fsp3) is 0.125. The van der Waals surface area contributed by atoms with E-state index in [0.29, 0.717) is 35.3 Å². The van der Waals surface area contributed by atoms with Gasteiger partial charge in [0.2, 0.25) is 17.6 Å². The van der Waals surface area contributed by atoms with Crippen molar-refractivity contribution in [2.75, 3.05) is 5.32 Å². The Kier molecular flexibility index (Phi) is 5.85. The van der Waals surface area contributed by atoms with Crippen molar-refractivity contribution in [1.82, 2.24) is 10.1 Å². The lowest BCUT2D eigenvalue weighted by Gasteiger charge is -2.11. The lowest BCUT2D eigenvalue weighted by Crippen LogP contribution is -2.13. The van der Waals surface area contributed by atoms with Crippen molar-refractivity contribution in [3.63, 3.8) is 0 Å². The second-order valence-corrected chi connectivity index (χ2v) is 6.79. The molecule has 0 saturated carbocycles. The highest BCUT2D eigenvalue weighted by Gasteiger charge is 2.13. The smallest absolute Gasteiger partial charge is 0.227 e. The van der Waals surface area contributed by atoms with Gasteiger partial charge < -0.3 is 14.6 Å². The molecule has 0 aliphatic carbocycles. The number of amides is 1. The molecule has 1 amide bonds. The molecule has 6 heteroatoms. The zero-order valence-electron chi connectivity index (χ0n) is 16.5. The minimum atomic E-state index is -0.158. The van der Waals surface area contributed by atoms with Gasteiger partial charge in [0.25, 0.3) is 0 Å². The van der Waals surface area contributed by atoms with Crippen LogP contribution in [-0.4, -0.2) is 16.0 Å². The number of anilines is 1. The molecule has 4 rings (SSSR count). The summed E-state index contributed by atoms with van der Waals surface area (Å²) in [6, 6.07) is 24.6. The summed E-state index contributed by atoms with van der Waals surface area (Å²) in [4.78, 5) is 16.9. The van der Waals surface area contributed by atoms with E-state index in [1.165, 1.54) is 0 Å². The molecule has 0 aliphatic rings. The van der Waals surface area contributed by atoms with Crippen molar-refractivity contribution >= 4 is 11.6 Å². The molecule has 30 heavy (non-hydrogen) atoms. The minimum Gasteiger partial charge on any atom is -0.455 e. The van der Waals surface area contributed by atoms with Crippen LogP contribution in [0.2, 0.25) is 0 Å². The molecule has 0 bridgehead atoms. The van der Waals surface area contributed by atoms with Crippen LogP contribution >= 0.6 is 0 Å². The first kappa shape index (κ1) is 19.4. The summed E-state index contributed by atoms with van der Waals surface area (Å²) >= 11 is 0. The van der Waals surface area contributed by atoms with Crippen molar-refractivity contribution in [2.45, 2.75) is 19.8 Å². The SMILES string of the molecule is Cc1ccccc1-c1noc(CCC(=O)Nc2ccccc2Oc2ccccc2)n1. The largest absolute Gasteiger partial charge is 0.455 e. The van der Waals surface area contributed by atoms with E-state index in [2.05, 4.69) is 15.5 Å². The molecule has 4 aromatic rings. The quantitative estimate of drug-likeness (QED) is 0.450. The van der Waals surface area contributed by atoms with Gasteiger partial charge in [-0.3, -0.25) is 4.79 Å². The summed E-state index contributed by atoms with van der Waals surface area (Å²) in [5.74, 6) is 2.09. The second-order valence-electron chi connectivity index (χ2n) is 6.79. The average Bonchev–Trinajstić information content (AvgIpc) is 3.24. The molecule has 0 saturated heterocycles. The standard InChI is InChI=1S/C24H21N3O3/c1-17-9-5-6-12-19(17)24-26-23(30-27-24)16-15-22(28)25-20-13-7-8-14-21(20)29-18-10-3-2-4-11-18/h2-14H,15-16H2,1H3,(H,25,28). The number of nitrogens with zero attached hydrogens (tertiary/aromatic N) is 2. The fourth-order valence-electron chi connectivity index (χ4n) is 3.00. The van der Waals surface area contributed by atoms with E-state index >= 15 is 0 Å². The van der Waals surface area contributed by atoms with Crippen LogP contribution in [0.3, 0.4) is 0 Å². The minimum absolute atomic E-state index is 0.158. The first-order valence-corrected chi connectivity index (χ1v) is 9.69. The third-order valence-corrected chi connectivity index (χ3v) is 4.55. The Hall–Kier alpha value is -3.93. The van der Waals surface area contributed by atoms with Gasteiger partial charge in [-0.25, -0.2) is 0 Å². The first-order valence-electron chi connectivity index (χ1n) is 9.69. The molecule has 0 spiro atoms. The molecule has 1 aromatic heterocycles. The molecule has 1 heterocycles. The van der Waals surface area contributed by atoms with E-state index in [9.17, 15) is 4.79 Å². The number of aryl methyl sites for hydroxylation is 2. The molecule has 6 nitrogen and oxygen atoms in total. The second kappa shape index (κ2) is 9.05. The molecule has 0 atom stereocenters. The van der Waals surface area contributed by atoms with Gasteiger partial charge in [0.15, 0.2) is 5.75 Å².